The van der Waals surface area contributed by atoms with Gasteiger partial charge >= 0.3 is 5.97 Å². The number of carboxylic acid groups (broad SMARTS) is 1. The van der Waals surface area contributed by atoms with Crippen molar-refractivity contribution in [2.45, 2.75) is 12.5 Å². The summed E-state index contributed by atoms with van der Waals surface area (Å²) in [6.45, 7) is 0. The van der Waals surface area contributed by atoms with E-state index in [0.717, 1.165) is 0 Å². The van der Waals surface area contributed by atoms with Crippen molar-refractivity contribution in [1.29, 1.82) is 0 Å². The van der Waals surface area contributed by atoms with Crippen LogP contribution in [0.5, 0.6) is 0 Å². The van der Waals surface area contributed by atoms with E-state index in [4.69, 9.17) is 16.7 Å². The first kappa shape index (κ1) is 15.9. The summed E-state index contributed by atoms with van der Waals surface area (Å²) in [5, 5.41) is 19.9. The largest absolute Gasteiger partial charge is 0.481 e. The molecule has 1 unspecified atom stereocenters. The van der Waals surface area contributed by atoms with Crippen molar-refractivity contribution in [3.05, 3.63) is 65.1 Å². The van der Waals surface area contributed by atoms with Crippen molar-refractivity contribution < 1.29 is 14.7 Å². The van der Waals surface area contributed by atoms with Crippen LogP contribution >= 0.6 is 11.6 Å². The standard InChI is InChI=1S/C16H13ClN4O3/c17-12-4-2-1-3-11(12)13(7-15(22)23)19-16(24)10-5-6-14-20-18-9-21(14)8-10/h1-6,8-9,13H,7H2,(H,19,24)(H,22,23). The number of fused-ring (bicyclic) bond motifs is 1. The Labute approximate surface area is 141 Å². The lowest BCUT2D eigenvalue weighted by atomic mass is 10.0. The molecule has 0 fully saturated rings. The van der Waals surface area contributed by atoms with Crippen LogP contribution in [0.4, 0.5) is 0 Å². The van der Waals surface area contributed by atoms with Gasteiger partial charge in [-0.2, -0.15) is 0 Å². The predicted molar refractivity (Wildman–Crippen MR) is 86.9 cm³/mol. The van der Waals surface area contributed by atoms with Crippen molar-refractivity contribution in [2.75, 3.05) is 0 Å². The number of nitrogens with one attached hydrogen (secondary N) is 1. The number of hydrogen-bond donors (Lipinski definition) is 2. The molecular weight excluding hydrogens is 332 g/mol. The highest BCUT2D eigenvalue weighted by molar-refractivity contribution is 6.31. The Bertz CT molecular complexity index is 909. The van der Waals surface area contributed by atoms with Gasteiger partial charge < -0.3 is 10.4 Å². The molecule has 0 saturated heterocycles. The van der Waals surface area contributed by atoms with Crippen molar-refractivity contribution >= 4 is 29.1 Å². The Kier molecular flexibility index (Phi) is 4.43. The summed E-state index contributed by atoms with van der Waals surface area (Å²) in [5.74, 6) is -1.44. The van der Waals surface area contributed by atoms with Gasteiger partial charge in [-0.25, -0.2) is 0 Å². The fraction of sp³-hybridized carbons (Fsp3) is 0.125. The van der Waals surface area contributed by atoms with Crippen LogP contribution in [-0.2, 0) is 4.79 Å². The van der Waals surface area contributed by atoms with Crippen LogP contribution in [0.25, 0.3) is 5.65 Å². The van der Waals surface area contributed by atoms with Crippen LogP contribution in [0.15, 0.2) is 48.9 Å². The molecule has 1 amide bonds. The number of aromatic nitrogens is 3. The summed E-state index contributed by atoms with van der Waals surface area (Å²) in [5.41, 5.74) is 1.53. The molecule has 0 aliphatic carbocycles. The molecule has 2 heterocycles. The molecule has 0 aliphatic heterocycles. The van der Waals surface area contributed by atoms with Gasteiger partial charge in [-0.1, -0.05) is 29.8 Å². The zero-order valence-corrected chi connectivity index (χ0v) is 13.1. The highest BCUT2D eigenvalue weighted by atomic mass is 35.5. The molecular formula is C16H13ClN4O3. The van der Waals surface area contributed by atoms with E-state index in [9.17, 15) is 9.59 Å². The van der Waals surface area contributed by atoms with Crippen molar-refractivity contribution in [2.24, 2.45) is 0 Å². The van der Waals surface area contributed by atoms with Gasteiger partial charge in [-0.3, -0.25) is 14.0 Å². The SMILES string of the molecule is O=C(O)CC(NC(=O)c1ccc2nncn2c1)c1ccccc1Cl. The number of aliphatic carboxylic acids is 1. The third kappa shape index (κ3) is 3.36. The monoisotopic (exact) mass is 344 g/mol. The van der Waals surface area contributed by atoms with E-state index >= 15 is 0 Å². The number of benzene rings is 1. The summed E-state index contributed by atoms with van der Waals surface area (Å²) in [7, 11) is 0. The van der Waals surface area contributed by atoms with E-state index in [1.54, 1.807) is 47.0 Å². The first-order valence-corrected chi connectivity index (χ1v) is 7.49. The fourth-order valence-electron chi connectivity index (χ4n) is 2.37. The molecule has 8 heteroatoms. The number of halogens is 1. The Morgan fingerprint density at radius 2 is 2.04 bits per heavy atom. The third-order valence-corrected chi connectivity index (χ3v) is 3.86. The molecule has 0 aliphatic rings. The molecule has 0 saturated carbocycles. The number of pyridine rings is 1. The fourth-order valence-corrected chi connectivity index (χ4v) is 2.64. The van der Waals surface area contributed by atoms with Gasteiger partial charge in [0.15, 0.2) is 5.65 Å². The summed E-state index contributed by atoms with van der Waals surface area (Å²) in [6, 6.07) is 9.35. The lowest BCUT2D eigenvalue weighted by molar-refractivity contribution is -0.137. The van der Waals surface area contributed by atoms with Crippen molar-refractivity contribution in [3.63, 3.8) is 0 Å². The van der Waals surface area contributed by atoms with Crippen LogP contribution in [0, 0.1) is 0 Å². The predicted octanol–water partition coefficient (Wildman–Crippen LogP) is 2.33. The van der Waals surface area contributed by atoms with Gasteiger partial charge in [-0.05, 0) is 23.8 Å². The molecule has 7 nitrogen and oxygen atoms in total. The Hall–Kier alpha value is -2.93. The number of carbonyl (C=O) groups is 2. The van der Waals surface area contributed by atoms with Crippen LogP contribution in [0.3, 0.4) is 0 Å². The zero-order valence-electron chi connectivity index (χ0n) is 12.4. The van der Waals surface area contributed by atoms with Crippen LogP contribution in [-0.4, -0.2) is 31.6 Å². The lowest BCUT2D eigenvalue weighted by Crippen LogP contribution is -2.30. The molecule has 2 aromatic heterocycles. The number of carbonyl (C=O) groups excluding carboxylic acids is 1. The molecule has 3 rings (SSSR count). The smallest absolute Gasteiger partial charge is 0.305 e. The number of rotatable bonds is 5. The van der Waals surface area contributed by atoms with E-state index in [1.807, 2.05) is 0 Å². The Morgan fingerprint density at radius 1 is 1.25 bits per heavy atom. The zero-order chi connectivity index (χ0) is 17.1. The summed E-state index contributed by atoms with van der Waals surface area (Å²) < 4.78 is 1.61. The molecule has 0 radical (unpaired) electrons. The van der Waals surface area contributed by atoms with E-state index in [0.29, 0.717) is 21.8 Å². The maximum atomic E-state index is 12.5. The first-order valence-electron chi connectivity index (χ1n) is 7.11. The average Bonchev–Trinajstić information content (AvgIpc) is 3.01. The second kappa shape index (κ2) is 6.67. The molecule has 1 aromatic carbocycles. The van der Waals surface area contributed by atoms with Crippen LogP contribution in [0.1, 0.15) is 28.4 Å². The molecule has 2 N–H and O–H groups in total. The van der Waals surface area contributed by atoms with E-state index in [-0.39, 0.29) is 6.42 Å². The topological polar surface area (TPSA) is 96.6 Å². The Balaban J connectivity index is 1.87. The van der Waals surface area contributed by atoms with Gasteiger partial charge in [0, 0.05) is 11.2 Å². The van der Waals surface area contributed by atoms with Gasteiger partial charge in [0.25, 0.3) is 5.91 Å². The molecule has 3 aromatic rings. The van der Waals surface area contributed by atoms with Gasteiger partial charge in [0.05, 0.1) is 18.0 Å². The number of hydrogen-bond acceptors (Lipinski definition) is 4. The minimum atomic E-state index is -1.03. The summed E-state index contributed by atoms with van der Waals surface area (Å²) in [6.07, 6.45) is 2.79. The highest BCUT2D eigenvalue weighted by Crippen LogP contribution is 2.25. The average molecular weight is 345 g/mol. The normalized spacial score (nSPS) is 12.0. The maximum absolute atomic E-state index is 12.5. The molecule has 122 valence electrons. The molecule has 0 bridgehead atoms. The van der Waals surface area contributed by atoms with Gasteiger partial charge in [-0.15, -0.1) is 10.2 Å². The lowest BCUT2D eigenvalue weighted by Gasteiger charge is -2.18. The molecule has 1 atom stereocenters. The van der Waals surface area contributed by atoms with Gasteiger partial charge in [0.1, 0.15) is 6.33 Å². The molecule has 24 heavy (non-hydrogen) atoms. The quantitative estimate of drug-likeness (QED) is 0.740. The van der Waals surface area contributed by atoms with Crippen molar-refractivity contribution in [1.82, 2.24) is 19.9 Å². The second-order valence-corrected chi connectivity index (χ2v) is 5.57. The van der Waals surface area contributed by atoms with E-state index in [1.165, 1.54) is 6.33 Å². The first-order chi connectivity index (χ1) is 11.5. The number of nitrogens with zero attached hydrogens (tertiary/aromatic N) is 3. The van der Waals surface area contributed by atoms with Crippen LogP contribution in [0.2, 0.25) is 5.02 Å². The highest BCUT2D eigenvalue weighted by Gasteiger charge is 2.21. The minimum Gasteiger partial charge on any atom is -0.481 e. The van der Waals surface area contributed by atoms with E-state index in [2.05, 4.69) is 15.5 Å². The maximum Gasteiger partial charge on any atom is 0.305 e. The summed E-state index contributed by atoms with van der Waals surface area (Å²) >= 11 is 6.13. The van der Waals surface area contributed by atoms with Crippen molar-refractivity contribution in [3.8, 4) is 0 Å². The second-order valence-electron chi connectivity index (χ2n) is 5.16. The van der Waals surface area contributed by atoms with E-state index < -0.39 is 17.9 Å². The third-order valence-electron chi connectivity index (χ3n) is 3.52. The van der Waals surface area contributed by atoms with Gasteiger partial charge in [0.2, 0.25) is 0 Å². The number of amides is 1. The molecule has 0 spiro atoms. The Morgan fingerprint density at radius 3 is 2.79 bits per heavy atom. The minimum absolute atomic E-state index is 0.273. The number of carboxylic acids is 1. The summed E-state index contributed by atoms with van der Waals surface area (Å²) in [4.78, 5) is 23.6. The van der Waals surface area contributed by atoms with Crippen LogP contribution < -0.4 is 5.32 Å².